The molecule has 2 heterocycles. The number of ether oxygens (including phenoxy) is 3. The molecule has 0 aromatic heterocycles. The molecule has 0 radical (unpaired) electrons. The summed E-state index contributed by atoms with van der Waals surface area (Å²) in [5, 5.41) is 9.35. The van der Waals surface area contributed by atoms with Crippen LogP contribution >= 0.6 is 12.4 Å². The third-order valence-corrected chi connectivity index (χ3v) is 5.60. The van der Waals surface area contributed by atoms with Gasteiger partial charge >= 0.3 is 5.97 Å². The number of nitrogens with zero attached hydrogens (tertiary/aromatic N) is 2. The van der Waals surface area contributed by atoms with Gasteiger partial charge in [0.15, 0.2) is 0 Å². The van der Waals surface area contributed by atoms with Crippen LogP contribution in [-0.2, 0) is 20.7 Å². The van der Waals surface area contributed by atoms with E-state index in [0.29, 0.717) is 44.1 Å². The summed E-state index contributed by atoms with van der Waals surface area (Å²) in [7, 11) is 0. The molecule has 1 saturated heterocycles. The summed E-state index contributed by atoms with van der Waals surface area (Å²) in [5.74, 6) is 0.448. The fourth-order valence-corrected chi connectivity index (χ4v) is 3.84. The van der Waals surface area contributed by atoms with Gasteiger partial charge in [-0.3, -0.25) is 14.6 Å². The van der Waals surface area contributed by atoms with Gasteiger partial charge in [-0.05, 0) is 42.7 Å². The van der Waals surface area contributed by atoms with Gasteiger partial charge < -0.3 is 19.5 Å². The van der Waals surface area contributed by atoms with E-state index in [4.69, 9.17) is 14.2 Å². The quantitative estimate of drug-likeness (QED) is 0.474. The number of rotatable bonds is 7. The van der Waals surface area contributed by atoms with Crippen LogP contribution in [0, 0.1) is 5.92 Å². The lowest BCUT2D eigenvalue weighted by Crippen LogP contribution is -2.32. The molecule has 34 heavy (non-hydrogen) atoms. The van der Waals surface area contributed by atoms with Crippen molar-refractivity contribution >= 4 is 36.2 Å². The second-order valence-electron chi connectivity index (χ2n) is 8.10. The molecule has 2 aromatic rings. The van der Waals surface area contributed by atoms with Crippen molar-refractivity contribution in [3.8, 4) is 5.75 Å². The Morgan fingerprint density at radius 3 is 2.68 bits per heavy atom. The van der Waals surface area contributed by atoms with Crippen molar-refractivity contribution < 1.29 is 23.8 Å². The van der Waals surface area contributed by atoms with Crippen molar-refractivity contribution in [3.63, 3.8) is 0 Å². The number of anilines is 1. The van der Waals surface area contributed by atoms with Crippen molar-refractivity contribution in [1.29, 1.82) is 0 Å². The Morgan fingerprint density at radius 2 is 1.94 bits per heavy atom. The van der Waals surface area contributed by atoms with Crippen LogP contribution in [0.3, 0.4) is 0 Å². The van der Waals surface area contributed by atoms with Crippen LogP contribution in [0.5, 0.6) is 5.75 Å². The molecule has 0 bridgehead atoms. The zero-order chi connectivity index (χ0) is 23.0. The Morgan fingerprint density at radius 1 is 1.18 bits per heavy atom. The standard InChI is InChI=1S/C25H29N3O5.ClH/c1-2-32-24(29)14-19-13-21-7-8-22(15-23(21)33-17-19)27-25(30)20-5-3-18(4-6-20)16-26-28-9-11-31-12-10-28;/h3-8,15-16,19H,2,9-14,17H2,1H3,(H,27,30);1H. The minimum absolute atomic E-state index is 0. The van der Waals surface area contributed by atoms with Gasteiger partial charge in [0.25, 0.3) is 5.91 Å². The van der Waals surface area contributed by atoms with Crippen molar-refractivity contribution in [1.82, 2.24) is 5.01 Å². The highest BCUT2D eigenvalue weighted by molar-refractivity contribution is 6.04. The lowest BCUT2D eigenvalue weighted by Gasteiger charge is -2.25. The smallest absolute Gasteiger partial charge is 0.306 e. The van der Waals surface area contributed by atoms with Crippen LogP contribution < -0.4 is 10.1 Å². The topological polar surface area (TPSA) is 89.5 Å². The number of carbonyl (C=O) groups excluding carboxylic acids is 2. The second-order valence-corrected chi connectivity index (χ2v) is 8.10. The van der Waals surface area contributed by atoms with Crippen molar-refractivity contribution in [3.05, 3.63) is 59.2 Å². The molecule has 182 valence electrons. The SMILES string of the molecule is CCOC(=O)CC1COc2cc(NC(=O)c3ccc(C=NN4CCOCC4)cc3)ccc2C1.Cl. The number of hydrogen-bond acceptors (Lipinski definition) is 7. The van der Waals surface area contributed by atoms with Gasteiger partial charge in [0, 0.05) is 23.2 Å². The molecule has 1 unspecified atom stereocenters. The van der Waals surface area contributed by atoms with Gasteiger partial charge in [-0.1, -0.05) is 18.2 Å². The van der Waals surface area contributed by atoms with Crippen molar-refractivity contribution in [2.75, 3.05) is 44.8 Å². The summed E-state index contributed by atoms with van der Waals surface area (Å²) < 4.78 is 16.2. The van der Waals surface area contributed by atoms with E-state index >= 15 is 0 Å². The van der Waals surface area contributed by atoms with E-state index in [1.165, 1.54) is 0 Å². The maximum absolute atomic E-state index is 12.7. The molecule has 2 aliphatic heterocycles. The van der Waals surface area contributed by atoms with Gasteiger partial charge in [-0.25, -0.2) is 0 Å². The Kier molecular flexibility index (Phi) is 9.30. The molecule has 1 fully saturated rings. The van der Waals surface area contributed by atoms with Gasteiger partial charge in [0.2, 0.25) is 0 Å². The predicted molar refractivity (Wildman–Crippen MR) is 132 cm³/mol. The Hall–Kier alpha value is -3.10. The highest BCUT2D eigenvalue weighted by atomic mass is 35.5. The van der Waals surface area contributed by atoms with E-state index in [-0.39, 0.29) is 30.2 Å². The first kappa shape index (κ1) is 25.5. The van der Waals surface area contributed by atoms with Crippen LogP contribution in [0.1, 0.15) is 34.8 Å². The monoisotopic (exact) mass is 487 g/mol. The van der Waals surface area contributed by atoms with E-state index < -0.39 is 0 Å². The Labute approximate surface area is 205 Å². The molecule has 1 N–H and O–H groups in total. The number of fused-ring (bicyclic) bond motifs is 1. The first-order chi connectivity index (χ1) is 16.1. The number of hydrazone groups is 1. The third-order valence-electron chi connectivity index (χ3n) is 5.60. The van der Waals surface area contributed by atoms with Gasteiger partial charge in [0.05, 0.1) is 52.2 Å². The molecule has 1 amide bonds. The summed E-state index contributed by atoms with van der Waals surface area (Å²) >= 11 is 0. The van der Waals surface area contributed by atoms with Crippen molar-refractivity contribution in [2.45, 2.75) is 19.8 Å². The number of amides is 1. The molecule has 0 aliphatic carbocycles. The zero-order valence-corrected chi connectivity index (χ0v) is 20.0. The van der Waals surface area contributed by atoms with Crippen LogP contribution in [0.15, 0.2) is 47.6 Å². The summed E-state index contributed by atoms with van der Waals surface area (Å²) in [6, 6.07) is 12.9. The van der Waals surface area contributed by atoms with E-state index in [1.54, 1.807) is 25.3 Å². The molecule has 1 atom stereocenters. The predicted octanol–water partition coefficient (Wildman–Crippen LogP) is 3.53. The minimum Gasteiger partial charge on any atom is -0.493 e. The lowest BCUT2D eigenvalue weighted by molar-refractivity contribution is -0.144. The minimum atomic E-state index is -0.197. The lowest BCUT2D eigenvalue weighted by atomic mass is 9.94. The Balaban J connectivity index is 0.00000324. The fourth-order valence-electron chi connectivity index (χ4n) is 3.84. The van der Waals surface area contributed by atoms with Crippen LogP contribution in [0.25, 0.3) is 0 Å². The van der Waals surface area contributed by atoms with E-state index in [2.05, 4.69) is 10.4 Å². The molecule has 4 rings (SSSR count). The number of carbonyl (C=O) groups is 2. The fraction of sp³-hybridized carbons (Fsp3) is 0.400. The normalized spacial score (nSPS) is 17.3. The maximum Gasteiger partial charge on any atom is 0.306 e. The average molecular weight is 488 g/mol. The first-order valence-electron chi connectivity index (χ1n) is 11.3. The van der Waals surface area contributed by atoms with E-state index in [1.807, 2.05) is 35.3 Å². The van der Waals surface area contributed by atoms with Gasteiger partial charge in [-0.15, -0.1) is 12.4 Å². The molecular weight excluding hydrogens is 458 g/mol. The van der Waals surface area contributed by atoms with Crippen LogP contribution in [0.2, 0.25) is 0 Å². The van der Waals surface area contributed by atoms with Crippen LogP contribution in [0.4, 0.5) is 5.69 Å². The number of hydrogen-bond donors (Lipinski definition) is 1. The first-order valence-corrected chi connectivity index (χ1v) is 11.3. The summed E-state index contributed by atoms with van der Waals surface area (Å²) in [4.78, 5) is 24.4. The largest absolute Gasteiger partial charge is 0.493 e. The summed E-state index contributed by atoms with van der Waals surface area (Å²) in [5.41, 5.74) is 3.18. The molecule has 0 spiro atoms. The number of halogens is 1. The number of nitrogens with one attached hydrogen (secondary N) is 1. The summed E-state index contributed by atoms with van der Waals surface area (Å²) in [6.45, 7) is 5.60. The molecule has 0 saturated carbocycles. The van der Waals surface area contributed by atoms with Crippen LogP contribution in [-0.4, -0.2) is 62.6 Å². The number of morpholine rings is 1. The average Bonchev–Trinajstić information content (AvgIpc) is 2.84. The van der Waals surface area contributed by atoms with Gasteiger partial charge in [-0.2, -0.15) is 5.10 Å². The maximum atomic E-state index is 12.7. The number of benzene rings is 2. The molecule has 9 heteroatoms. The third kappa shape index (κ3) is 6.95. The van der Waals surface area contributed by atoms with E-state index in [9.17, 15) is 9.59 Å². The molecular formula is C25H30ClN3O5. The molecule has 2 aliphatic rings. The number of esters is 1. The van der Waals surface area contributed by atoms with Gasteiger partial charge in [0.1, 0.15) is 5.75 Å². The van der Waals surface area contributed by atoms with E-state index in [0.717, 1.165) is 36.4 Å². The highest BCUT2D eigenvalue weighted by Crippen LogP contribution is 2.31. The van der Waals surface area contributed by atoms with Crippen molar-refractivity contribution in [2.24, 2.45) is 11.0 Å². The molecule has 8 nitrogen and oxygen atoms in total. The second kappa shape index (κ2) is 12.4. The highest BCUT2D eigenvalue weighted by Gasteiger charge is 2.23. The Bertz CT molecular complexity index is 1010. The molecule has 2 aromatic carbocycles. The summed E-state index contributed by atoms with van der Waals surface area (Å²) in [6.07, 6.45) is 2.89. The zero-order valence-electron chi connectivity index (χ0n) is 19.2.